The topological polar surface area (TPSA) is 84.6 Å². The monoisotopic (exact) mass is 332 g/mol. The average molecular weight is 332 g/mol. The molecule has 1 atom stereocenters. The van der Waals surface area contributed by atoms with Gasteiger partial charge < -0.3 is 19.7 Å². The van der Waals surface area contributed by atoms with Crippen LogP contribution in [0.1, 0.15) is 40.7 Å². The molecular weight excluding hydrogens is 308 g/mol. The van der Waals surface area contributed by atoms with Crippen molar-refractivity contribution < 1.29 is 19.2 Å². The molecule has 0 bridgehead atoms. The number of aliphatic hydroxyl groups excluding tert-OH is 1. The van der Waals surface area contributed by atoms with Gasteiger partial charge in [-0.15, -0.1) is 0 Å². The Morgan fingerprint density at radius 2 is 2.04 bits per heavy atom. The third-order valence-electron chi connectivity index (χ3n) is 3.91. The first-order valence-corrected chi connectivity index (χ1v) is 8.05. The van der Waals surface area contributed by atoms with Gasteiger partial charge in [0.25, 0.3) is 5.91 Å². The van der Waals surface area contributed by atoms with Crippen LogP contribution in [-0.2, 0) is 6.61 Å². The number of hydrogen-bond acceptors (Lipinski definition) is 5. The molecule has 0 fully saturated rings. The van der Waals surface area contributed by atoms with E-state index in [9.17, 15) is 4.79 Å². The molecule has 1 unspecified atom stereocenters. The van der Waals surface area contributed by atoms with E-state index in [4.69, 9.17) is 14.4 Å². The maximum atomic E-state index is 12.1. The van der Waals surface area contributed by atoms with Crippen LogP contribution in [0.5, 0.6) is 5.75 Å². The molecule has 1 aromatic heterocycles. The highest BCUT2D eigenvalue weighted by Gasteiger charge is 2.11. The lowest BCUT2D eigenvalue weighted by molar-refractivity contribution is 0.0945. The number of benzene rings is 1. The van der Waals surface area contributed by atoms with Gasteiger partial charge in [0.2, 0.25) is 0 Å². The summed E-state index contributed by atoms with van der Waals surface area (Å²) < 4.78 is 10.8. The lowest BCUT2D eigenvalue weighted by atomic mass is 10.1. The minimum atomic E-state index is -0.128. The first-order chi connectivity index (χ1) is 11.5. The molecule has 6 nitrogen and oxygen atoms in total. The molecule has 1 amide bonds. The van der Waals surface area contributed by atoms with Crippen molar-refractivity contribution in [2.24, 2.45) is 5.92 Å². The Balaban J connectivity index is 1.87. The molecule has 1 aromatic carbocycles. The fourth-order valence-electron chi connectivity index (χ4n) is 2.26. The van der Waals surface area contributed by atoms with Gasteiger partial charge in [-0.2, -0.15) is 0 Å². The van der Waals surface area contributed by atoms with Gasteiger partial charge in [0.1, 0.15) is 18.1 Å². The third-order valence-corrected chi connectivity index (χ3v) is 3.91. The number of aryl methyl sites for hydroxylation is 2. The summed E-state index contributed by atoms with van der Waals surface area (Å²) in [6, 6.07) is 7.00. The number of carbonyl (C=O) groups is 1. The molecule has 130 valence electrons. The minimum absolute atomic E-state index is 0.128. The van der Waals surface area contributed by atoms with Gasteiger partial charge >= 0.3 is 0 Å². The van der Waals surface area contributed by atoms with Crippen LogP contribution in [-0.4, -0.2) is 29.3 Å². The fourth-order valence-corrected chi connectivity index (χ4v) is 2.26. The Morgan fingerprint density at radius 3 is 2.62 bits per heavy atom. The molecule has 0 spiro atoms. The summed E-state index contributed by atoms with van der Waals surface area (Å²) in [6.07, 6.45) is 0.675. The van der Waals surface area contributed by atoms with Crippen LogP contribution in [0.4, 0.5) is 0 Å². The lowest BCUT2D eigenvalue weighted by Crippen LogP contribution is -2.28. The van der Waals surface area contributed by atoms with Gasteiger partial charge in [0.15, 0.2) is 0 Å². The predicted molar refractivity (Wildman–Crippen MR) is 90.0 cm³/mol. The molecular formula is C18H24N2O4. The second-order valence-corrected chi connectivity index (χ2v) is 5.94. The molecule has 2 rings (SSSR count). The Hall–Kier alpha value is -2.34. The smallest absolute Gasteiger partial charge is 0.251 e. The van der Waals surface area contributed by atoms with Crippen LogP contribution < -0.4 is 10.1 Å². The molecule has 0 radical (unpaired) electrons. The summed E-state index contributed by atoms with van der Waals surface area (Å²) in [5.41, 5.74) is 2.34. The molecule has 0 saturated heterocycles. The Morgan fingerprint density at radius 1 is 1.33 bits per heavy atom. The van der Waals surface area contributed by atoms with Crippen LogP contribution in [0.15, 0.2) is 28.8 Å². The normalized spacial score (nSPS) is 12.0. The number of hydrogen-bond donors (Lipinski definition) is 2. The van der Waals surface area contributed by atoms with Crippen LogP contribution in [0.2, 0.25) is 0 Å². The molecule has 0 aliphatic rings. The van der Waals surface area contributed by atoms with E-state index in [0.29, 0.717) is 30.9 Å². The zero-order valence-corrected chi connectivity index (χ0v) is 14.3. The van der Waals surface area contributed by atoms with E-state index in [-0.39, 0.29) is 18.4 Å². The number of ether oxygens (including phenoxy) is 1. The van der Waals surface area contributed by atoms with Crippen LogP contribution >= 0.6 is 0 Å². The second kappa shape index (κ2) is 8.49. The molecule has 2 aromatic rings. The van der Waals surface area contributed by atoms with Crippen LogP contribution in [0.25, 0.3) is 0 Å². The van der Waals surface area contributed by atoms with E-state index in [1.54, 1.807) is 24.3 Å². The largest absolute Gasteiger partial charge is 0.489 e. The van der Waals surface area contributed by atoms with E-state index < -0.39 is 0 Å². The third kappa shape index (κ3) is 4.83. The predicted octanol–water partition coefficient (Wildman–Crippen LogP) is 2.62. The molecule has 0 aliphatic carbocycles. The van der Waals surface area contributed by atoms with Crippen LogP contribution in [0.3, 0.4) is 0 Å². The van der Waals surface area contributed by atoms with Crippen molar-refractivity contribution in [1.82, 2.24) is 10.5 Å². The SMILES string of the molecule is Cc1noc(C)c1COc1ccc(C(=O)NCC(C)CCO)cc1. The molecule has 24 heavy (non-hydrogen) atoms. The van der Waals surface area contributed by atoms with Crippen LogP contribution in [0, 0.1) is 19.8 Å². The molecule has 6 heteroatoms. The van der Waals surface area contributed by atoms with Crippen molar-refractivity contribution in [3.05, 3.63) is 46.8 Å². The maximum absolute atomic E-state index is 12.1. The van der Waals surface area contributed by atoms with Gasteiger partial charge in [0.05, 0.1) is 11.3 Å². The maximum Gasteiger partial charge on any atom is 0.251 e. The number of nitrogens with zero attached hydrogens (tertiary/aromatic N) is 1. The van der Waals surface area contributed by atoms with Crippen molar-refractivity contribution in [2.45, 2.75) is 33.8 Å². The molecule has 0 saturated carbocycles. The highest BCUT2D eigenvalue weighted by atomic mass is 16.5. The van der Waals surface area contributed by atoms with Crippen molar-refractivity contribution in [2.75, 3.05) is 13.2 Å². The summed E-state index contributed by atoms with van der Waals surface area (Å²) >= 11 is 0. The first kappa shape index (κ1) is 18.0. The number of aromatic nitrogens is 1. The second-order valence-electron chi connectivity index (χ2n) is 5.94. The molecule has 2 N–H and O–H groups in total. The van der Waals surface area contributed by atoms with Gasteiger partial charge in [-0.05, 0) is 50.5 Å². The van der Waals surface area contributed by atoms with Crippen molar-refractivity contribution in [3.8, 4) is 5.75 Å². The van der Waals surface area contributed by atoms with E-state index >= 15 is 0 Å². The van der Waals surface area contributed by atoms with E-state index in [1.807, 2.05) is 20.8 Å². The number of nitrogens with one attached hydrogen (secondary N) is 1. The Bertz CT molecular complexity index is 645. The minimum Gasteiger partial charge on any atom is -0.489 e. The summed E-state index contributed by atoms with van der Waals surface area (Å²) in [5, 5.41) is 15.6. The van der Waals surface area contributed by atoms with Crippen molar-refractivity contribution in [1.29, 1.82) is 0 Å². The zero-order valence-electron chi connectivity index (χ0n) is 14.3. The van der Waals surface area contributed by atoms with E-state index in [0.717, 1.165) is 17.0 Å². The number of aliphatic hydroxyl groups is 1. The van der Waals surface area contributed by atoms with Gasteiger partial charge in [-0.3, -0.25) is 4.79 Å². The summed E-state index contributed by atoms with van der Waals surface area (Å²) in [5.74, 6) is 1.55. The first-order valence-electron chi connectivity index (χ1n) is 8.05. The van der Waals surface area contributed by atoms with Gasteiger partial charge in [0, 0.05) is 18.7 Å². The van der Waals surface area contributed by atoms with E-state index in [1.165, 1.54) is 0 Å². The summed E-state index contributed by atoms with van der Waals surface area (Å²) in [4.78, 5) is 12.1. The number of rotatable bonds is 8. The summed E-state index contributed by atoms with van der Waals surface area (Å²) in [6.45, 7) is 6.77. The molecule has 0 aliphatic heterocycles. The van der Waals surface area contributed by atoms with Gasteiger partial charge in [-0.1, -0.05) is 12.1 Å². The quantitative estimate of drug-likeness (QED) is 0.776. The fraction of sp³-hybridized carbons (Fsp3) is 0.444. The Kier molecular flexibility index (Phi) is 6.37. The van der Waals surface area contributed by atoms with E-state index in [2.05, 4.69) is 10.5 Å². The Labute approximate surface area is 141 Å². The average Bonchev–Trinajstić information content (AvgIpc) is 2.90. The number of carbonyl (C=O) groups excluding carboxylic acids is 1. The highest BCUT2D eigenvalue weighted by molar-refractivity contribution is 5.94. The number of amides is 1. The van der Waals surface area contributed by atoms with Crippen molar-refractivity contribution in [3.63, 3.8) is 0 Å². The summed E-state index contributed by atoms with van der Waals surface area (Å²) in [7, 11) is 0. The molecule has 1 heterocycles. The standard InChI is InChI=1S/C18H24N2O4/c1-12(8-9-21)10-19-18(22)15-4-6-16(7-5-15)23-11-17-13(2)20-24-14(17)3/h4-7,12,21H,8-11H2,1-3H3,(H,19,22). The lowest BCUT2D eigenvalue weighted by Gasteiger charge is -2.11. The van der Waals surface area contributed by atoms with Gasteiger partial charge in [-0.25, -0.2) is 0 Å². The highest BCUT2D eigenvalue weighted by Crippen LogP contribution is 2.18. The van der Waals surface area contributed by atoms with Crippen molar-refractivity contribution >= 4 is 5.91 Å². The zero-order chi connectivity index (χ0) is 17.5.